The first-order chi connectivity index (χ1) is 11.7. The fourth-order valence-corrected chi connectivity index (χ4v) is 3.16. The molecule has 6 heteroatoms. The Balaban J connectivity index is 1.72. The molecule has 3 rings (SSSR count). The molecule has 128 valence electrons. The van der Waals surface area contributed by atoms with Crippen molar-refractivity contribution in [1.82, 2.24) is 15.2 Å². The summed E-state index contributed by atoms with van der Waals surface area (Å²) < 4.78 is 5.59. The lowest BCUT2D eigenvalue weighted by Gasteiger charge is -2.26. The maximum atomic E-state index is 12.6. The zero-order chi connectivity index (χ0) is 16.9. The molecule has 0 aliphatic carbocycles. The molecule has 0 aromatic carbocycles. The Kier molecular flexibility index (Phi) is 5.15. The molecule has 1 saturated heterocycles. The second kappa shape index (κ2) is 7.49. The predicted molar refractivity (Wildman–Crippen MR) is 93.2 cm³/mol. The van der Waals surface area contributed by atoms with Crippen molar-refractivity contribution in [3.8, 4) is 0 Å². The van der Waals surface area contributed by atoms with Crippen LogP contribution in [0.1, 0.15) is 35.0 Å². The molecule has 1 amide bonds. The maximum absolute atomic E-state index is 12.6. The van der Waals surface area contributed by atoms with E-state index in [4.69, 9.17) is 4.42 Å². The van der Waals surface area contributed by atoms with Crippen molar-refractivity contribution in [2.45, 2.75) is 18.9 Å². The van der Waals surface area contributed by atoms with Crippen molar-refractivity contribution in [2.24, 2.45) is 0 Å². The number of likely N-dealkylation sites (tertiary alicyclic amines) is 1. The molecule has 1 atom stereocenters. The summed E-state index contributed by atoms with van der Waals surface area (Å²) in [7, 11) is 3.77. The van der Waals surface area contributed by atoms with Crippen LogP contribution in [0.25, 0.3) is 0 Å². The summed E-state index contributed by atoms with van der Waals surface area (Å²) >= 11 is 0. The first-order valence-electron chi connectivity index (χ1n) is 8.35. The minimum atomic E-state index is -0.109. The van der Waals surface area contributed by atoms with Gasteiger partial charge in [-0.05, 0) is 50.2 Å². The van der Waals surface area contributed by atoms with Crippen molar-refractivity contribution in [3.63, 3.8) is 0 Å². The van der Waals surface area contributed by atoms with E-state index in [9.17, 15) is 4.79 Å². The van der Waals surface area contributed by atoms with E-state index in [1.165, 1.54) is 12.8 Å². The number of hydrogen-bond donors (Lipinski definition) is 1. The van der Waals surface area contributed by atoms with Gasteiger partial charge in [-0.1, -0.05) is 0 Å². The van der Waals surface area contributed by atoms with E-state index in [-0.39, 0.29) is 11.9 Å². The van der Waals surface area contributed by atoms with Gasteiger partial charge in [0.2, 0.25) is 0 Å². The SMILES string of the molecule is CN(C)c1ncccc1C(=O)NCC(c1ccco1)N1CCCC1. The van der Waals surface area contributed by atoms with E-state index in [2.05, 4.69) is 15.2 Å². The van der Waals surface area contributed by atoms with Crippen LogP contribution in [0, 0.1) is 0 Å². The summed E-state index contributed by atoms with van der Waals surface area (Å²) in [6.07, 6.45) is 5.77. The van der Waals surface area contributed by atoms with E-state index in [1.807, 2.05) is 31.1 Å². The number of amides is 1. The van der Waals surface area contributed by atoms with Crippen molar-refractivity contribution in [2.75, 3.05) is 38.6 Å². The van der Waals surface area contributed by atoms with Crippen LogP contribution in [-0.2, 0) is 0 Å². The van der Waals surface area contributed by atoms with E-state index in [1.54, 1.807) is 24.6 Å². The second-order valence-corrected chi connectivity index (χ2v) is 6.25. The number of nitrogens with one attached hydrogen (secondary N) is 1. The van der Waals surface area contributed by atoms with Crippen LogP contribution in [0.15, 0.2) is 41.1 Å². The molecule has 0 bridgehead atoms. The number of carbonyl (C=O) groups excluding carboxylic acids is 1. The van der Waals surface area contributed by atoms with Gasteiger partial charge in [-0.15, -0.1) is 0 Å². The number of hydrogen-bond acceptors (Lipinski definition) is 5. The fraction of sp³-hybridized carbons (Fsp3) is 0.444. The average molecular weight is 328 g/mol. The first-order valence-corrected chi connectivity index (χ1v) is 8.35. The van der Waals surface area contributed by atoms with Crippen LogP contribution in [0.4, 0.5) is 5.82 Å². The highest BCUT2D eigenvalue weighted by atomic mass is 16.3. The number of rotatable bonds is 6. The number of aromatic nitrogens is 1. The predicted octanol–water partition coefficient (Wildman–Crippen LogP) is 2.31. The minimum Gasteiger partial charge on any atom is -0.468 e. The minimum absolute atomic E-state index is 0.0749. The maximum Gasteiger partial charge on any atom is 0.255 e. The summed E-state index contributed by atoms with van der Waals surface area (Å²) in [6.45, 7) is 2.60. The van der Waals surface area contributed by atoms with Gasteiger partial charge in [0.1, 0.15) is 11.6 Å². The molecule has 6 nitrogen and oxygen atoms in total. The quantitative estimate of drug-likeness (QED) is 0.882. The summed E-state index contributed by atoms with van der Waals surface area (Å²) in [5.41, 5.74) is 0.585. The van der Waals surface area contributed by atoms with Gasteiger partial charge < -0.3 is 14.6 Å². The molecule has 2 aromatic rings. The Hall–Kier alpha value is -2.34. The third-order valence-corrected chi connectivity index (χ3v) is 4.36. The molecule has 1 unspecified atom stereocenters. The van der Waals surface area contributed by atoms with Crippen LogP contribution >= 0.6 is 0 Å². The summed E-state index contributed by atoms with van der Waals surface area (Å²) in [4.78, 5) is 21.1. The number of anilines is 1. The number of carbonyl (C=O) groups is 1. The van der Waals surface area contributed by atoms with E-state index >= 15 is 0 Å². The van der Waals surface area contributed by atoms with Crippen molar-refractivity contribution < 1.29 is 9.21 Å². The molecular weight excluding hydrogens is 304 g/mol. The van der Waals surface area contributed by atoms with Gasteiger partial charge in [0.25, 0.3) is 5.91 Å². The topological polar surface area (TPSA) is 61.6 Å². The fourth-order valence-electron chi connectivity index (χ4n) is 3.16. The molecule has 0 saturated carbocycles. The van der Waals surface area contributed by atoms with Crippen LogP contribution in [0.5, 0.6) is 0 Å². The Morgan fingerprint density at radius 2 is 2.12 bits per heavy atom. The number of pyridine rings is 1. The van der Waals surface area contributed by atoms with Crippen LogP contribution in [0.2, 0.25) is 0 Å². The van der Waals surface area contributed by atoms with Gasteiger partial charge in [0, 0.05) is 26.8 Å². The van der Waals surface area contributed by atoms with Crippen LogP contribution in [-0.4, -0.2) is 49.5 Å². The normalized spacial score (nSPS) is 16.1. The first kappa shape index (κ1) is 16.5. The number of furan rings is 1. The molecule has 24 heavy (non-hydrogen) atoms. The second-order valence-electron chi connectivity index (χ2n) is 6.25. The van der Waals surface area contributed by atoms with E-state index in [0.717, 1.165) is 18.8 Å². The van der Waals surface area contributed by atoms with E-state index in [0.29, 0.717) is 17.9 Å². The van der Waals surface area contributed by atoms with Gasteiger partial charge >= 0.3 is 0 Å². The zero-order valence-electron chi connectivity index (χ0n) is 14.2. The third kappa shape index (κ3) is 3.59. The Bertz CT molecular complexity index is 663. The lowest BCUT2D eigenvalue weighted by Crippen LogP contribution is -2.37. The standard InChI is InChI=1S/C18H24N4O2/c1-21(2)17-14(7-5-9-19-17)18(23)20-13-15(16-8-6-12-24-16)22-10-3-4-11-22/h5-9,12,15H,3-4,10-11,13H2,1-2H3,(H,20,23). The molecule has 2 aromatic heterocycles. The van der Waals surface area contributed by atoms with E-state index < -0.39 is 0 Å². The van der Waals surface area contributed by atoms with Crippen LogP contribution in [0.3, 0.4) is 0 Å². The lowest BCUT2D eigenvalue weighted by molar-refractivity contribution is 0.0934. The Morgan fingerprint density at radius 3 is 2.79 bits per heavy atom. The highest BCUT2D eigenvalue weighted by Crippen LogP contribution is 2.25. The van der Waals surface area contributed by atoms with Gasteiger partial charge in [-0.3, -0.25) is 9.69 Å². The van der Waals surface area contributed by atoms with Gasteiger partial charge in [-0.2, -0.15) is 0 Å². The number of nitrogens with zero attached hydrogens (tertiary/aromatic N) is 3. The molecule has 1 fully saturated rings. The largest absolute Gasteiger partial charge is 0.468 e. The summed E-state index contributed by atoms with van der Waals surface area (Å²) in [5, 5.41) is 3.05. The van der Waals surface area contributed by atoms with Crippen molar-refractivity contribution in [1.29, 1.82) is 0 Å². The highest BCUT2D eigenvalue weighted by Gasteiger charge is 2.26. The monoisotopic (exact) mass is 328 g/mol. The molecule has 0 radical (unpaired) electrons. The third-order valence-electron chi connectivity index (χ3n) is 4.36. The molecule has 1 aliphatic rings. The van der Waals surface area contributed by atoms with Gasteiger partial charge in [-0.25, -0.2) is 4.98 Å². The molecule has 1 N–H and O–H groups in total. The van der Waals surface area contributed by atoms with Crippen LogP contribution < -0.4 is 10.2 Å². The highest BCUT2D eigenvalue weighted by molar-refractivity contribution is 5.98. The molecular formula is C18H24N4O2. The molecule has 3 heterocycles. The van der Waals surface area contributed by atoms with Crippen molar-refractivity contribution >= 4 is 11.7 Å². The Morgan fingerprint density at radius 1 is 1.33 bits per heavy atom. The van der Waals surface area contributed by atoms with Gasteiger partial charge in [0.05, 0.1) is 17.9 Å². The average Bonchev–Trinajstić information content (AvgIpc) is 3.29. The summed E-state index contributed by atoms with van der Waals surface area (Å²) in [6, 6.07) is 7.53. The van der Waals surface area contributed by atoms with Gasteiger partial charge in [0.15, 0.2) is 0 Å². The Labute approximate surface area is 142 Å². The van der Waals surface area contributed by atoms with Crippen molar-refractivity contribution in [3.05, 3.63) is 48.0 Å². The zero-order valence-corrected chi connectivity index (χ0v) is 14.2. The molecule has 0 spiro atoms. The summed E-state index contributed by atoms with van der Waals surface area (Å²) in [5.74, 6) is 1.46. The lowest BCUT2D eigenvalue weighted by atomic mass is 10.1. The molecule has 1 aliphatic heterocycles. The smallest absolute Gasteiger partial charge is 0.255 e.